The maximum atomic E-state index is 13.4. The van der Waals surface area contributed by atoms with Gasteiger partial charge in [0.1, 0.15) is 23.9 Å². The van der Waals surface area contributed by atoms with Crippen LogP contribution >= 0.6 is 22.9 Å². The molecule has 2 heterocycles. The zero-order chi connectivity index (χ0) is 26.1. The van der Waals surface area contributed by atoms with E-state index < -0.39 is 17.7 Å². The van der Waals surface area contributed by atoms with E-state index in [4.69, 9.17) is 21.1 Å². The highest BCUT2D eigenvalue weighted by molar-refractivity contribution is 7.22. The lowest BCUT2D eigenvalue weighted by Crippen LogP contribution is -2.29. The maximum Gasteiger partial charge on any atom is 0.301 e. The SMILES string of the molecule is C=CCOc1cccc(C2C(=C(O)c3ccc(OC)cc3)C(=O)C(=O)N2c2nc3ccc(Cl)cc3s2)c1. The van der Waals surface area contributed by atoms with Crippen molar-refractivity contribution < 1.29 is 24.2 Å². The number of carbonyl (C=O) groups is 2. The predicted molar refractivity (Wildman–Crippen MR) is 145 cm³/mol. The van der Waals surface area contributed by atoms with Crippen LogP contribution in [0.15, 0.2) is 85.0 Å². The molecule has 1 aliphatic heterocycles. The summed E-state index contributed by atoms with van der Waals surface area (Å²) in [6, 6.07) is 17.9. The van der Waals surface area contributed by atoms with Gasteiger partial charge in [-0.05, 0) is 60.2 Å². The Bertz CT molecular complexity index is 1560. The van der Waals surface area contributed by atoms with Gasteiger partial charge in [0.05, 0.1) is 28.9 Å². The zero-order valence-corrected chi connectivity index (χ0v) is 21.3. The number of rotatable bonds is 7. The van der Waals surface area contributed by atoms with Crippen LogP contribution < -0.4 is 14.4 Å². The summed E-state index contributed by atoms with van der Waals surface area (Å²) in [5.74, 6) is -0.775. The number of Topliss-reactive ketones (excluding diaryl/α,β-unsaturated/α-hetero) is 1. The lowest BCUT2D eigenvalue weighted by molar-refractivity contribution is -0.132. The molecule has 7 nitrogen and oxygen atoms in total. The Kier molecular flexibility index (Phi) is 6.69. The van der Waals surface area contributed by atoms with Crippen molar-refractivity contribution in [2.75, 3.05) is 18.6 Å². The highest BCUT2D eigenvalue weighted by atomic mass is 35.5. The number of hydrogen-bond donors (Lipinski definition) is 1. The molecular weight excluding hydrogens is 512 g/mol. The summed E-state index contributed by atoms with van der Waals surface area (Å²) in [6.45, 7) is 3.95. The van der Waals surface area contributed by atoms with Gasteiger partial charge >= 0.3 is 5.91 Å². The van der Waals surface area contributed by atoms with Crippen LogP contribution in [0.25, 0.3) is 16.0 Å². The van der Waals surface area contributed by atoms with Gasteiger partial charge in [-0.25, -0.2) is 4.98 Å². The van der Waals surface area contributed by atoms with Crippen molar-refractivity contribution in [1.82, 2.24) is 4.98 Å². The van der Waals surface area contributed by atoms with Crippen LogP contribution in [0, 0.1) is 0 Å². The number of benzene rings is 3. The fourth-order valence-corrected chi connectivity index (χ4v) is 5.44. The summed E-state index contributed by atoms with van der Waals surface area (Å²) in [7, 11) is 1.53. The highest BCUT2D eigenvalue weighted by Gasteiger charge is 2.48. The molecule has 1 saturated heterocycles. The van der Waals surface area contributed by atoms with Gasteiger partial charge in [-0.3, -0.25) is 14.5 Å². The molecule has 1 atom stereocenters. The first-order chi connectivity index (χ1) is 17.9. The van der Waals surface area contributed by atoms with E-state index in [1.165, 1.54) is 23.3 Å². The summed E-state index contributed by atoms with van der Waals surface area (Å²) in [5.41, 5.74) is 1.55. The summed E-state index contributed by atoms with van der Waals surface area (Å²) >= 11 is 7.39. The van der Waals surface area contributed by atoms with Crippen molar-refractivity contribution in [3.05, 3.63) is 101 Å². The number of fused-ring (bicyclic) bond motifs is 1. The number of hydrogen-bond acceptors (Lipinski definition) is 7. The molecule has 9 heteroatoms. The number of halogens is 1. The molecule has 37 heavy (non-hydrogen) atoms. The summed E-state index contributed by atoms with van der Waals surface area (Å²) < 4.78 is 11.7. The van der Waals surface area contributed by atoms with Crippen molar-refractivity contribution in [2.45, 2.75) is 6.04 Å². The molecule has 0 saturated carbocycles. The number of nitrogens with zero attached hydrogens (tertiary/aromatic N) is 2. The van der Waals surface area contributed by atoms with Crippen LogP contribution in [0.4, 0.5) is 5.13 Å². The third-order valence-electron chi connectivity index (χ3n) is 5.89. The van der Waals surface area contributed by atoms with E-state index in [2.05, 4.69) is 11.6 Å². The summed E-state index contributed by atoms with van der Waals surface area (Å²) in [6.07, 6.45) is 1.62. The van der Waals surface area contributed by atoms with E-state index in [1.54, 1.807) is 72.8 Å². The molecule has 1 fully saturated rings. The molecule has 4 aromatic rings. The molecule has 1 aromatic heterocycles. The number of aromatic nitrogens is 1. The molecule has 1 amide bonds. The van der Waals surface area contributed by atoms with Crippen LogP contribution in [-0.4, -0.2) is 35.5 Å². The normalized spacial score (nSPS) is 16.8. The van der Waals surface area contributed by atoms with E-state index in [-0.39, 0.29) is 17.9 Å². The highest BCUT2D eigenvalue weighted by Crippen LogP contribution is 2.45. The third kappa shape index (κ3) is 4.57. The summed E-state index contributed by atoms with van der Waals surface area (Å²) in [4.78, 5) is 32.8. The second kappa shape index (κ2) is 10.1. The smallest absolute Gasteiger partial charge is 0.301 e. The molecule has 0 radical (unpaired) electrons. The van der Waals surface area contributed by atoms with Crippen molar-refractivity contribution in [3.8, 4) is 11.5 Å². The van der Waals surface area contributed by atoms with Crippen LogP contribution in [0.2, 0.25) is 5.02 Å². The van der Waals surface area contributed by atoms with E-state index in [0.29, 0.717) is 38.3 Å². The van der Waals surface area contributed by atoms with Gasteiger partial charge in [0.25, 0.3) is 5.78 Å². The fraction of sp³-hybridized carbons (Fsp3) is 0.107. The van der Waals surface area contributed by atoms with Gasteiger partial charge in [0.15, 0.2) is 5.13 Å². The van der Waals surface area contributed by atoms with Crippen LogP contribution in [-0.2, 0) is 9.59 Å². The van der Waals surface area contributed by atoms with Gasteiger partial charge in [0, 0.05) is 10.6 Å². The first-order valence-corrected chi connectivity index (χ1v) is 12.5. The zero-order valence-electron chi connectivity index (χ0n) is 19.7. The molecule has 5 rings (SSSR count). The minimum Gasteiger partial charge on any atom is -0.507 e. The number of anilines is 1. The number of ketones is 1. The third-order valence-corrected chi connectivity index (χ3v) is 7.15. The number of thiazole rings is 1. The van der Waals surface area contributed by atoms with Gasteiger partial charge < -0.3 is 14.6 Å². The Hall–Kier alpha value is -4.14. The molecule has 1 N–H and O–H groups in total. The van der Waals surface area contributed by atoms with E-state index >= 15 is 0 Å². The Morgan fingerprint density at radius 3 is 2.65 bits per heavy atom. The monoisotopic (exact) mass is 532 g/mol. The average Bonchev–Trinajstić information content (AvgIpc) is 3.44. The second-order valence-electron chi connectivity index (χ2n) is 8.18. The Morgan fingerprint density at radius 2 is 1.92 bits per heavy atom. The van der Waals surface area contributed by atoms with E-state index in [1.807, 2.05) is 0 Å². The first kappa shape index (κ1) is 24.5. The number of aliphatic hydroxyl groups excluding tert-OH is 1. The van der Waals surface area contributed by atoms with Crippen LogP contribution in [0.3, 0.4) is 0 Å². The van der Waals surface area contributed by atoms with Crippen LogP contribution in [0.1, 0.15) is 17.2 Å². The maximum absolute atomic E-state index is 13.4. The number of amides is 1. The lowest BCUT2D eigenvalue weighted by atomic mass is 9.95. The molecule has 1 aliphatic rings. The molecule has 0 bridgehead atoms. The molecule has 1 unspecified atom stereocenters. The van der Waals surface area contributed by atoms with Crippen LogP contribution in [0.5, 0.6) is 11.5 Å². The number of methoxy groups -OCH3 is 1. The van der Waals surface area contributed by atoms with Gasteiger partial charge in [-0.15, -0.1) is 0 Å². The molecule has 0 aliphatic carbocycles. The number of ether oxygens (including phenoxy) is 2. The average molecular weight is 533 g/mol. The Morgan fingerprint density at radius 1 is 1.14 bits per heavy atom. The van der Waals surface area contributed by atoms with E-state index in [0.717, 1.165) is 4.70 Å². The molecule has 3 aromatic carbocycles. The largest absolute Gasteiger partial charge is 0.507 e. The van der Waals surface area contributed by atoms with Gasteiger partial charge in [-0.1, -0.05) is 47.7 Å². The standard InChI is InChI=1S/C28H21ClN2O5S/c1-3-13-36-20-6-4-5-17(14-20)24-23(25(32)16-7-10-19(35-2)11-8-16)26(33)27(34)31(24)28-30-21-12-9-18(29)15-22(21)37-28/h3-12,14-15,24,32H,1,13H2,2H3. The van der Waals surface area contributed by atoms with Gasteiger partial charge in [0.2, 0.25) is 0 Å². The van der Waals surface area contributed by atoms with Crippen molar-refractivity contribution in [3.63, 3.8) is 0 Å². The van der Waals surface area contributed by atoms with Crippen molar-refractivity contribution in [2.24, 2.45) is 0 Å². The van der Waals surface area contributed by atoms with Crippen molar-refractivity contribution in [1.29, 1.82) is 0 Å². The summed E-state index contributed by atoms with van der Waals surface area (Å²) in [5, 5.41) is 12.2. The number of carbonyl (C=O) groups excluding carboxylic acids is 2. The number of aliphatic hydroxyl groups is 1. The topological polar surface area (TPSA) is 89.0 Å². The second-order valence-corrected chi connectivity index (χ2v) is 9.62. The van der Waals surface area contributed by atoms with Gasteiger partial charge in [-0.2, -0.15) is 0 Å². The first-order valence-electron chi connectivity index (χ1n) is 11.3. The van der Waals surface area contributed by atoms with Crippen molar-refractivity contribution >= 4 is 55.7 Å². The fourth-order valence-electron chi connectivity index (χ4n) is 4.17. The minimum absolute atomic E-state index is 0.0478. The predicted octanol–water partition coefficient (Wildman–Crippen LogP) is 6.15. The molecule has 186 valence electrons. The Balaban J connectivity index is 1.70. The lowest BCUT2D eigenvalue weighted by Gasteiger charge is -2.23. The molecular formula is C28H21ClN2O5S. The minimum atomic E-state index is -0.939. The quantitative estimate of drug-likeness (QED) is 0.133. The van der Waals surface area contributed by atoms with E-state index in [9.17, 15) is 14.7 Å². The Labute approximate surface area is 221 Å². The molecule has 0 spiro atoms.